The van der Waals surface area contributed by atoms with Crippen LogP contribution >= 0.6 is 0 Å². The Balaban J connectivity index is 2.85. The van der Waals surface area contributed by atoms with Gasteiger partial charge in [-0.2, -0.15) is 0 Å². The minimum Gasteiger partial charge on any atom is -0.399 e. The number of alkyl halides is 2. The third-order valence-corrected chi connectivity index (χ3v) is 3.61. The molecule has 1 rings (SSSR count). The standard InChI is InChI=1S/C14H22F2N2/c1-9(2)14(3,4)8-18-12-6-5-10(17)7-11(12)13(15)16/h5-7,9,13,18H,8,17H2,1-4H3. The summed E-state index contributed by atoms with van der Waals surface area (Å²) >= 11 is 0. The molecule has 0 heterocycles. The molecule has 0 fully saturated rings. The number of nitrogen functional groups attached to an aromatic ring is 1. The zero-order valence-corrected chi connectivity index (χ0v) is 11.4. The Morgan fingerprint density at radius 3 is 2.39 bits per heavy atom. The van der Waals surface area contributed by atoms with Crippen molar-refractivity contribution in [1.82, 2.24) is 0 Å². The van der Waals surface area contributed by atoms with Crippen LogP contribution < -0.4 is 11.1 Å². The second kappa shape index (κ2) is 5.55. The van der Waals surface area contributed by atoms with Crippen molar-refractivity contribution in [3.05, 3.63) is 23.8 Å². The minimum absolute atomic E-state index is 0.0328. The smallest absolute Gasteiger partial charge is 0.265 e. The van der Waals surface area contributed by atoms with E-state index < -0.39 is 6.43 Å². The summed E-state index contributed by atoms with van der Waals surface area (Å²) in [5.41, 5.74) is 6.37. The van der Waals surface area contributed by atoms with E-state index in [4.69, 9.17) is 5.73 Å². The fraction of sp³-hybridized carbons (Fsp3) is 0.571. The van der Waals surface area contributed by atoms with E-state index in [1.165, 1.54) is 6.07 Å². The normalized spacial score (nSPS) is 12.2. The number of rotatable bonds is 5. The summed E-state index contributed by atoms with van der Waals surface area (Å²) in [4.78, 5) is 0. The maximum absolute atomic E-state index is 12.9. The van der Waals surface area contributed by atoms with Crippen molar-refractivity contribution in [2.75, 3.05) is 17.6 Å². The Morgan fingerprint density at radius 1 is 1.28 bits per heavy atom. The van der Waals surface area contributed by atoms with Crippen molar-refractivity contribution in [2.45, 2.75) is 34.1 Å². The summed E-state index contributed by atoms with van der Waals surface area (Å²) < 4.78 is 25.8. The van der Waals surface area contributed by atoms with E-state index in [1.807, 2.05) is 0 Å². The van der Waals surface area contributed by atoms with Crippen LogP contribution in [0, 0.1) is 11.3 Å². The topological polar surface area (TPSA) is 38.0 Å². The van der Waals surface area contributed by atoms with Crippen LogP contribution in [0.4, 0.5) is 20.2 Å². The van der Waals surface area contributed by atoms with Crippen molar-refractivity contribution in [3.8, 4) is 0 Å². The molecule has 0 saturated carbocycles. The molecule has 4 heteroatoms. The van der Waals surface area contributed by atoms with Gasteiger partial charge in [0.2, 0.25) is 0 Å². The summed E-state index contributed by atoms with van der Waals surface area (Å²) in [7, 11) is 0. The molecule has 0 aliphatic heterocycles. The Morgan fingerprint density at radius 2 is 1.89 bits per heavy atom. The molecule has 0 amide bonds. The van der Waals surface area contributed by atoms with Gasteiger partial charge in [0.25, 0.3) is 6.43 Å². The van der Waals surface area contributed by atoms with Gasteiger partial charge in [-0.1, -0.05) is 27.7 Å². The first-order valence-corrected chi connectivity index (χ1v) is 6.15. The molecule has 0 unspecified atom stereocenters. The Kier molecular flexibility index (Phi) is 4.54. The summed E-state index contributed by atoms with van der Waals surface area (Å²) in [5, 5.41) is 3.11. The molecule has 0 atom stereocenters. The molecular formula is C14H22F2N2. The Labute approximate surface area is 108 Å². The highest BCUT2D eigenvalue weighted by Crippen LogP contribution is 2.31. The first-order chi connectivity index (χ1) is 8.24. The Hall–Kier alpha value is -1.32. The minimum atomic E-state index is -2.52. The van der Waals surface area contributed by atoms with Crippen molar-refractivity contribution < 1.29 is 8.78 Å². The lowest BCUT2D eigenvalue weighted by Crippen LogP contribution is -2.28. The summed E-state index contributed by atoms with van der Waals surface area (Å²) in [6.45, 7) is 9.12. The molecule has 0 aliphatic carbocycles. The zero-order chi connectivity index (χ0) is 13.9. The van der Waals surface area contributed by atoms with E-state index in [0.717, 1.165) is 0 Å². The second-order valence-corrected chi connectivity index (χ2v) is 5.64. The molecule has 0 spiro atoms. The third-order valence-electron chi connectivity index (χ3n) is 3.61. The van der Waals surface area contributed by atoms with Crippen LogP contribution in [0.15, 0.2) is 18.2 Å². The maximum atomic E-state index is 12.9. The van der Waals surface area contributed by atoms with Gasteiger partial charge in [0.05, 0.1) is 0 Å². The molecule has 0 aliphatic rings. The molecule has 18 heavy (non-hydrogen) atoms. The largest absolute Gasteiger partial charge is 0.399 e. The molecule has 0 radical (unpaired) electrons. The van der Waals surface area contributed by atoms with E-state index >= 15 is 0 Å². The lowest BCUT2D eigenvalue weighted by Gasteiger charge is -2.30. The number of hydrogen-bond donors (Lipinski definition) is 2. The van der Waals surface area contributed by atoms with Gasteiger partial charge in [-0.05, 0) is 29.5 Å². The van der Waals surface area contributed by atoms with Crippen LogP contribution in [-0.2, 0) is 0 Å². The second-order valence-electron chi connectivity index (χ2n) is 5.64. The first kappa shape index (κ1) is 14.7. The highest BCUT2D eigenvalue weighted by atomic mass is 19.3. The van der Waals surface area contributed by atoms with E-state index in [0.29, 0.717) is 23.8 Å². The van der Waals surface area contributed by atoms with Gasteiger partial charge in [-0.25, -0.2) is 8.78 Å². The number of benzene rings is 1. The fourth-order valence-corrected chi connectivity index (χ4v) is 1.45. The van der Waals surface area contributed by atoms with Crippen molar-refractivity contribution in [2.24, 2.45) is 11.3 Å². The van der Waals surface area contributed by atoms with Crippen molar-refractivity contribution in [1.29, 1.82) is 0 Å². The predicted molar refractivity (Wildman–Crippen MR) is 72.9 cm³/mol. The van der Waals surface area contributed by atoms with Crippen LogP contribution in [0.3, 0.4) is 0 Å². The highest BCUT2D eigenvalue weighted by Gasteiger charge is 2.23. The van der Waals surface area contributed by atoms with Gasteiger partial charge in [0.1, 0.15) is 0 Å². The SMILES string of the molecule is CC(C)C(C)(C)CNc1ccc(N)cc1C(F)F. The van der Waals surface area contributed by atoms with Crippen LogP contribution in [0.25, 0.3) is 0 Å². The quantitative estimate of drug-likeness (QED) is 0.771. The van der Waals surface area contributed by atoms with E-state index in [9.17, 15) is 8.78 Å². The molecule has 0 bridgehead atoms. The molecule has 102 valence electrons. The fourth-order valence-electron chi connectivity index (χ4n) is 1.45. The van der Waals surface area contributed by atoms with Crippen LogP contribution in [0.5, 0.6) is 0 Å². The van der Waals surface area contributed by atoms with E-state index in [-0.39, 0.29) is 11.0 Å². The van der Waals surface area contributed by atoms with Crippen LogP contribution in [0.1, 0.15) is 39.7 Å². The predicted octanol–water partition coefficient (Wildman–Crippen LogP) is 4.30. The van der Waals surface area contributed by atoms with E-state index in [1.54, 1.807) is 12.1 Å². The molecule has 1 aromatic rings. The van der Waals surface area contributed by atoms with Gasteiger partial charge in [0.15, 0.2) is 0 Å². The molecule has 2 nitrogen and oxygen atoms in total. The monoisotopic (exact) mass is 256 g/mol. The molecule has 1 aromatic carbocycles. The number of anilines is 2. The van der Waals surface area contributed by atoms with Gasteiger partial charge >= 0.3 is 0 Å². The zero-order valence-electron chi connectivity index (χ0n) is 11.4. The lowest BCUT2D eigenvalue weighted by molar-refractivity contribution is 0.152. The number of nitrogens with one attached hydrogen (secondary N) is 1. The van der Waals surface area contributed by atoms with Crippen molar-refractivity contribution in [3.63, 3.8) is 0 Å². The first-order valence-electron chi connectivity index (χ1n) is 6.15. The third kappa shape index (κ3) is 3.59. The average Bonchev–Trinajstić information content (AvgIpc) is 2.27. The summed E-state index contributed by atoms with van der Waals surface area (Å²) in [6, 6.07) is 4.58. The molecule has 0 aromatic heterocycles. The van der Waals surface area contributed by atoms with Crippen LogP contribution in [0.2, 0.25) is 0 Å². The Bertz CT molecular complexity index is 401. The maximum Gasteiger partial charge on any atom is 0.265 e. The molecular weight excluding hydrogens is 234 g/mol. The number of hydrogen-bond acceptors (Lipinski definition) is 2. The number of halogens is 2. The lowest BCUT2D eigenvalue weighted by atomic mass is 9.81. The summed E-state index contributed by atoms with van der Waals surface area (Å²) in [6.07, 6.45) is -2.52. The van der Waals surface area contributed by atoms with Gasteiger partial charge in [-0.3, -0.25) is 0 Å². The van der Waals surface area contributed by atoms with Gasteiger partial charge in [-0.15, -0.1) is 0 Å². The average molecular weight is 256 g/mol. The molecule has 0 saturated heterocycles. The van der Waals surface area contributed by atoms with Gasteiger partial charge in [0, 0.05) is 23.5 Å². The van der Waals surface area contributed by atoms with Crippen LogP contribution in [-0.4, -0.2) is 6.54 Å². The highest BCUT2D eigenvalue weighted by molar-refractivity contribution is 5.58. The van der Waals surface area contributed by atoms with E-state index in [2.05, 4.69) is 33.0 Å². The molecule has 3 N–H and O–H groups in total. The van der Waals surface area contributed by atoms with Crippen molar-refractivity contribution >= 4 is 11.4 Å². The van der Waals surface area contributed by atoms with Gasteiger partial charge < -0.3 is 11.1 Å². The summed E-state index contributed by atoms with van der Waals surface area (Å²) in [5.74, 6) is 0.466. The number of nitrogens with two attached hydrogens (primary N) is 1.